The molecular weight excluding hydrogens is 389 g/mol. The monoisotopic (exact) mass is 426 g/mol. The SMILES string of the molecule is CCCCC(CC[C@@H](CC(=O)OC)NC(=O)OC(C)(C)C)N(C)CCC(F)(F)F. The highest BCUT2D eigenvalue weighted by Crippen LogP contribution is 2.22. The van der Waals surface area contributed by atoms with E-state index in [9.17, 15) is 22.8 Å². The zero-order valence-corrected chi connectivity index (χ0v) is 18.5. The van der Waals surface area contributed by atoms with E-state index in [1.807, 2.05) is 6.92 Å². The third-order valence-electron chi connectivity index (χ3n) is 4.47. The van der Waals surface area contributed by atoms with E-state index in [-0.39, 0.29) is 19.0 Å². The van der Waals surface area contributed by atoms with Crippen molar-refractivity contribution >= 4 is 12.1 Å². The maximum Gasteiger partial charge on any atom is 0.407 e. The summed E-state index contributed by atoms with van der Waals surface area (Å²) < 4.78 is 47.6. The third kappa shape index (κ3) is 15.1. The van der Waals surface area contributed by atoms with Crippen LogP contribution in [-0.4, -0.2) is 61.5 Å². The number of methoxy groups -OCH3 is 1. The van der Waals surface area contributed by atoms with Crippen LogP contribution in [-0.2, 0) is 14.3 Å². The van der Waals surface area contributed by atoms with Crippen molar-refractivity contribution in [3.8, 4) is 0 Å². The average Bonchev–Trinajstić information content (AvgIpc) is 2.57. The molecule has 1 unspecified atom stereocenters. The number of alkyl carbamates (subject to hydrolysis) is 1. The molecule has 1 N–H and O–H groups in total. The Bertz CT molecular complexity index is 493. The molecular formula is C20H37F3N2O4. The van der Waals surface area contributed by atoms with Gasteiger partial charge in [0.2, 0.25) is 0 Å². The summed E-state index contributed by atoms with van der Waals surface area (Å²) in [7, 11) is 2.95. The molecule has 0 aromatic heterocycles. The first kappa shape index (κ1) is 27.5. The summed E-state index contributed by atoms with van der Waals surface area (Å²) in [6.45, 7) is 7.14. The van der Waals surface area contributed by atoms with E-state index in [1.165, 1.54) is 7.11 Å². The molecule has 0 aliphatic heterocycles. The molecule has 0 aromatic rings. The lowest BCUT2D eigenvalue weighted by Crippen LogP contribution is -2.42. The van der Waals surface area contributed by atoms with Crippen LogP contribution in [0.4, 0.5) is 18.0 Å². The lowest BCUT2D eigenvalue weighted by atomic mass is 9.98. The predicted molar refractivity (Wildman–Crippen MR) is 106 cm³/mol. The van der Waals surface area contributed by atoms with Crippen LogP contribution in [0.3, 0.4) is 0 Å². The smallest absolute Gasteiger partial charge is 0.407 e. The van der Waals surface area contributed by atoms with Crippen LogP contribution in [0.1, 0.15) is 72.6 Å². The van der Waals surface area contributed by atoms with Gasteiger partial charge in [-0.2, -0.15) is 13.2 Å². The zero-order chi connectivity index (χ0) is 22.7. The molecule has 0 aliphatic rings. The number of esters is 1. The van der Waals surface area contributed by atoms with E-state index >= 15 is 0 Å². The van der Waals surface area contributed by atoms with Gasteiger partial charge in [0.05, 0.1) is 20.0 Å². The van der Waals surface area contributed by atoms with E-state index in [0.717, 1.165) is 19.3 Å². The quantitative estimate of drug-likeness (QED) is 0.460. The van der Waals surface area contributed by atoms with Crippen molar-refractivity contribution in [2.24, 2.45) is 0 Å². The molecule has 29 heavy (non-hydrogen) atoms. The van der Waals surface area contributed by atoms with Crippen molar-refractivity contribution in [2.75, 3.05) is 20.7 Å². The molecule has 0 saturated heterocycles. The van der Waals surface area contributed by atoms with E-state index in [1.54, 1.807) is 32.7 Å². The first-order valence-electron chi connectivity index (χ1n) is 10.1. The van der Waals surface area contributed by atoms with Gasteiger partial charge in [0, 0.05) is 18.6 Å². The lowest BCUT2D eigenvalue weighted by Gasteiger charge is -2.30. The first-order valence-corrected chi connectivity index (χ1v) is 10.1. The van der Waals surface area contributed by atoms with Gasteiger partial charge in [0.25, 0.3) is 0 Å². The second-order valence-electron chi connectivity index (χ2n) is 8.34. The minimum Gasteiger partial charge on any atom is -0.469 e. The van der Waals surface area contributed by atoms with Gasteiger partial charge in [0.15, 0.2) is 0 Å². The number of carbonyl (C=O) groups is 2. The van der Waals surface area contributed by atoms with Gasteiger partial charge >= 0.3 is 18.2 Å². The van der Waals surface area contributed by atoms with Crippen molar-refractivity contribution in [3.63, 3.8) is 0 Å². The Morgan fingerprint density at radius 3 is 2.21 bits per heavy atom. The number of carbonyl (C=O) groups excluding carboxylic acids is 2. The van der Waals surface area contributed by atoms with E-state index < -0.39 is 36.3 Å². The molecule has 2 atom stereocenters. The number of rotatable bonds is 12. The number of hydrogen-bond acceptors (Lipinski definition) is 5. The lowest BCUT2D eigenvalue weighted by molar-refractivity contribution is -0.141. The van der Waals surface area contributed by atoms with Crippen LogP contribution < -0.4 is 5.32 Å². The predicted octanol–water partition coefficient (Wildman–Crippen LogP) is 4.67. The second kappa shape index (κ2) is 12.9. The normalized spacial score (nSPS) is 14.4. The van der Waals surface area contributed by atoms with Crippen LogP contribution in [0.5, 0.6) is 0 Å². The number of halogens is 3. The Kier molecular flexibility index (Phi) is 12.3. The molecule has 0 radical (unpaired) electrons. The topological polar surface area (TPSA) is 67.9 Å². The van der Waals surface area contributed by atoms with Crippen molar-refractivity contribution in [2.45, 2.75) is 96.5 Å². The van der Waals surface area contributed by atoms with E-state index in [4.69, 9.17) is 9.47 Å². The van der Waals surface area contributed by atoms with E-state index in [0.29, 0.717) is 12.8 Å². The Labute approximate surface area is 172 Å². The van der Waals surface area contributed by atoms with Crippen LogP contribution >= 0.6 is 0 Å². The Balaban J connectivity index is 4.98. The van der Waals surface area contributed by atoms with Gasteiger partial charge in [-0.05, 0) is 47.1 Å². The van der Waals surface area contributed by atoms with Gasteiger partial charge in [-0.1, -0.05) is 19.8 Å². The molecule has 0 heterocycles. The van der Waals surface area contributed by atoms with Crippen LogP contribution in [0.15, 0.2) is 0 Å². The average molecular weight is 427 g/mol. The summed E-state index contributed by atoms with van der Waals surface area (Å²) >= 11 is 0. The maximum atomic E-state index is 12.6. The highest BCUT2D eigenvalue weighted by Gasteiger charge is 2.29. The summed E-state index contributed by atoms with van der Waals surface area (Å²) in [6.07, 6.45) is -2.17. The van der Waals surface area contributed by atoms with Crippen molar-refractivity contribution in [1.82, 2.24) is 10.2 Å². The highest BCUT2D eigenvalue weighted by molar-refractivity contribution is 5.72. The van der Waals surface area contributed by atoms with Crippen molar-refractivity contribution in [3.05, 3.63) is 0 Å². The summed E-state index contributed by atoms with van der Waals surface area (Å²) in [5, 5.41) is 2.68. The number of nitrogens with zero attached hydrogens (tertiary/aromatic N) is 1. The molecule has 0 aromatic carbocycles. The van der Waals surface area contributed by atoms with Gasteiger partial charge in [0.1, 0.15) is 5.60 Å². The van der Waals surface area contributed by atoms with Crippen molar-refractivity contribution < 1.29 is 32.2 Å². The molecule has 9 heteroatoms. The standard InChI is InChI=1S/C20H37F3N2O4/c1-7-8-9-16(25(5)13-12-20(21,22)23)11-10-15(14-17(26)28-6)24-18(27)29-19(2,3)4/h15-16H,7-14H2,1-6H3,(H,24,27)/t15-,16?/m0/s1. The fourth-order valence-electron chi connectivity index (χ4n) is 2.89. The number of unbranched alkanes of at least 4 members (excludes halogenated alkanes) is 1. The molecule has 6 nitrogen and oxygen atoms in total. The van der Waals surface area contributed by atoms with Gasteiger partial charge in [-0.15, -0.1) is 0 Å². The number of hydrogen-bond donors (Lipinski definition) is 1. The number of alkyl halides is 3. The maximum absolute atomic E-state index is 12.6. The second-order valence-corrected chi connectivity index (χ2v) is 8.34. The Hall–Kier alpha value is -1.51. The molecule has 0 bridgehead atoms. The van der Waals surface area contributed by atoms with Crippen LogP contribution in [0.25, 0.3) is 0 Å². The van der Waals surface area contributed by atoms with Gasteiger partial charge in [-0.25, -0.2) is 4.79 Å². The number of amides is 1. The minimum atomic E-state index is -4.20. The van der Waals surface area contributed by atoms with Gasteiger partial charge in [-0.3, -0.25) is 4.79 Å². The third-order valence-corrected chi connectivity index (χ3v) is 4.47. The molecule has 0 rings (SSSR count). The first-order chi connectivity index (χ1) is 13.3. The summed E-state index contributed by atoms with van der Waals surface area (Å²) in [5.74, 6) is -0.471. The summed E-state index contributed by atoms with van der Waals surface area (Å²) in [4.78, 5) is 25.5. The molecule has 0 fully saturated rings. The largest absolute Gasteiger partial charge is 0.469 e. The molecule has 0 saturated carbocycles. The highest BCUT2D eigenvalue weighted by atomic mass is 19.4. The minimum absolute atomic E-state index is 0.0253. The fraction of sp³-hybridized carbons (Fsp3) is 0.900. The molecule has 172 valence electrons. The zero-order valence-electron chi connectivity index (χ0n) is 18.5. The number of nitrogens with one attached hydrogen (secondary N) is 1. The molecule has 0 aliphatic carbocycles. The van der Waals surface area contributed by atoms with E-state index in [2.05, 4.69) is 5.32 Å². The summed E-state index contributed by atoms with van der Waals surface area (Å²) in [5.41, 5.74) is -0.679. The van der Waals surface area contributed by atoms with Gasteiger partial charge < -0.3 is 19.7 Å². The summed E-state index contributed by atoms with van der Waals surface area (Å²) in [6, 6.07) is -0.588. The van der Waals surface area contributed by atoms with Crippen LogP contribution in [0.2, 0.25) is 0 Å². The Morgan fingerprint density at radius 1 is 1.10 bits per heavy atom. The number of ether oxygens (including phenoxy) is 2. The Morgan fingerprint density at radius 2 is 1.72 bits per heavy atom. The van der Waals surface area contributed by atoms with Crippen LogP contribution in [0, 0.1) is 0 Å². The fourth-order valence-corrected chi connectivity index (χ4v) is 2.89. The van der Waals surface area contributed by atoms with Crippen molar-refractivity contribution in [1.29, 1.82) is 0 Å². The molecule has 1 amide bonds. The molecule has 0 spiro atoms.